The van der Waals surface area contributed by atoms with Gasteiger partial charge in [-0.05, 0) is 16.7 Å². The fraction of sp³-hybridized carbons (Fsp3) is 0.0606. The van der Waals surface area contributed by atoms with Crippen molar-refractivity contribution in [3.8, 4) is 0 Å². The van der Waals surface area contributed by atoms with Crippen LogP contribution in [0.25, 0.3) is 0 Å². The average molecular weight is 466 g/mol. The quantitative estimate of drug-likeness (QED) is 0.276. The van der Waals surface area contributed by atoms with Crippen LogP contribution in [0.3, 0.4) is 0 Å². The predicted molar refractivity (Wildman–Crippen MR) is 143 cm³/mol. The van der Waals surface area contributed by atoms with E-state index in [4.69, 9.17) is 4.99 Å². The van der Waals surface area contributed by atoms with Crippen molar-refractivity contribution in [3.63, 3.8) is 0 Å². The second-order valence-electron chi connectivity index (χ2n) is 8.97. The van der Waals surface area contributed by atoms with Crippen LogP contribution in [0.4, 0.5) is 0 Å². The van der Waals surface area contributed by atoms with Crippen molar-refractivity contribution in [2.75, 3.05) is 0 Å². The summed E-state index contributed by atoms with van der Waals surface area (Å²) in [5.74, 6) is 0. The average Bonchev–Trinajstić information content (AvgIpc) is 3.26. The van der Waals surface area contributed by atoms with E-state index in [1.807, 2.05) is 152 Å². The first-order chi connectivity index (χ1) is 17.8. The van der Waals surface area contributed by atoms with Gasteiger partial charge < -0.3 is 0 Å². The van der Waals surface area contributed by atoms with Gasteiger partial charge in [0.15, 0.2) is 5.66 Å². The van der Waals surface area contributed by atoms with Crippen LogP contribution in [0.2, 0.25) is 0 Å². The van der Waals surface area contributed by atoms with Gasteiger partial charge in [0.25, 0.3) is 0 Å². The fourth-order valence-corrected chi connectivity index (χ4v) is 5.40. The number of hydrogen-bond donors (Lipinski definition) is 0. The highest BCUT2D eigenvalue weighted by molar-refractivity contribution is 6.11. The van der Waals surface area contributed by atoms with E-state index < -0.39 is 11.2 Å². The van der Waals surface area contributed by atoms with Gasteiger partial charge in [-0.2, -0.15) is 0 Å². The lowest BCUT2D eigenvalue weighted by molar-refractivity contribution is -0.244. The second-order valence-corrected chi connectivity index (χ2v) is 8.97. The summed E-state index contributed by atoms with van der Waals surface area (Å²) in [6.07, 6.45) is 0. The summed E-state index contributed by atoms with van der Waals surface area (Å²) in [6, 6.07) is 49.9. The summed E-state index contributed by atoms with van der Waals surface area (Å²) in [6.45, 7) is 0. The molecule has 3 nitrogen and oxygen atoms in total. The van der Waals surface area contributed by atoms with Gasteiger partial charge in [0.05, 0.1) is 5.71 Å². The van der Waals surface area contributed by atoms with E-state index in [2.05, 4.69) is 0 Å². The molecule has 0 atom stereocenters. The molecule has 0 aromatic heterocycles. The van der Waals surface area contributed by atoms with Gasteiger partial charge in [0, 0.05) is 11.1 Å². The lowest BCUT2D eigenvalue weighted by Gasteiger charge is -2.41. The summed E-state index contributed by atoms with van der Waals surface area (Å²) >= 11 is 0. The molecule has 0 bridgehead atoms. The maximum Gasteiger partial charge on any atom is 0.191 e. The third-order valence-electron chi connectivity index (χ3n) is 7.00. The van der Waals surface area contributed by atoms with Crippen LogP contribution >= 0.6 is 0 Å². The molecule has 5 aromatic rings. The van der Waals surface area contributed by atoms with Gasteiger partial charge in [-0.15, -0.1) is 5.21 Å². The van der Waals surface area contributed by atoms with Crippen LogP contribution in [-0.4, -0.2) is 10.8 Å². The first-order valence-electron chi connectivity index (χ1n) is 12.1. The summed E-state index contributed by atoms with van der Waals surface area (Å²) < 4.78 is 0. The molecule has 0 fully saturated rings. The van der Waals surface area contributed by atoms with Gasteiger partial charge in [-0.25, -0.2) is 0 Å². The molecule has 5 aromatic carbocycles. The monoisotopic (exact) mass is 465 g/mol. The first kappa shape index (κ1) is 22.2. The Bertz CT molecular complexity index is 1390. The minimum absolute atomic E-state index is 0.725. The van der Waals surface area contributed by atoms with Gasteiger partial charge in [0.2, 0.25) is 0 Å². The normalized spacial score (nSPS) is 16.4. The lowest BCUT2D eigenvalue weighted by atomic mass is 9.76. The molecule has 0 saturated heterocycles. The Balaban J connectivity index is 1.77. The number of benzene rings is 5. The van der Waals surface area contributed by atoms with E-state index in [0.29, 0.717) is 0 Å². The van der Waals surface area contributed by atoms with E-state index in [9.17, 15) is 0 Å². The number of hydroxylamine groups is 2. The van der Waals surface area contributed by atoms with Gasteiger partial charge in [-0.3, -0.25) is 4.99 Å². The summed E-state index contributed by atoms with van der Waals surface area (Å²) in [5.41, 5.74) is 2.60. The molecule has 6 rings (SSSR count). The van der Waals surface area contributed by atoms with Crippen LogP contribution in [0, 0.1) is 0 Å². The Morgan fingerprint density at radius 3 is 1.17 bits per heavy atom. The maximum absolute atomic E-state index is 15.3. The van der Waals surface area contributed by atoms with Crippen molar-refractivity contribution < 1.29 is 5.21 Å². The zero-order chi connectivity index (χ0) is 24.4. The molecular formula is C33H25N2O. The highest BCUT2D eigenvalue weighted by Gasteiger charge is 2.62. The van der Waals surface area contributed by atoms with Crippen LogP contribution in [0.1, 0.15) is 27.8 Å². The minimum atomic E-state index is -1.28. The molecule has 1 heterocycles. The topological polar surface area (TPSA) is 35.5 Å². The number of nitrogens with zero attached hydrogens (tertiary/aromatic N) is 2. The molecule has 3 heteroatoms. The van der Waals surface area contributed by atoms with Crippen molar-refractivity contribution in [2.45, 2.75) is 11.2 Å². The third kappa shape index (κ3) is 3.25. The van der Waals surface area contributed by atoms with E-state index in [1.165, 1.54) is 5.06 Å². The standard InChI is InChI=1S/C33H25N2O/c36-35-32(27-18-8-2-9-19-27,28-20-10-3-11-21-28)31(26-16-6-1-7-17-26)34-33(35,29-22-12-4-13-23-29)30-24-14-5-15-25-30/h1-25H. The second kappa shape index (κ2) is 9.04. The molecule has 0 spiro atoms. The molecule has 1 radical (unpaired) electrons. The molecule has 0 saturated carbocycles. The van der Waals surface area contributed by atoms with E-state index >= 15 is 5.21 Å². The van der Waals surface area contributed by atoms with Gasteiger partial charge in [0.1, 0.15) is 5.54 Å². The maximum atomic E-state index is 15.3. The Morgan fingerprint density at radius 1 is 0.444 bits per heavy atom. The van der Waals surface area contributed by atoms with Crippen molar-refractivity contribution in [1.29, 1.82) is 0 Å². The highest BCUT2D eigenvalue weighted by Crippen LogP contribution is 2.54. The van der Waals surface area contributed by atoms with Crippen molar-refractivity contribution in [2.24, 2.45) is 4.99 Å². The predicted octanol–water partition coefficient (Wildman–Crippen LogP) is 6.98. The summed E-state index contributed by atoms with van der Waals surface area (Å²) in [4.78, 5) is 5.45. The molecule has 0 amide bonds. The number of hydrogen-bond acceptors (Lipinski definition) is 2. The van der Waals surface area contributed by atoms with E-state index in [1.54, 1.807) is 0 Å². The molecule has 173 valence electrons. The van der Waals surface area contributed by atoms with Crippen LogP contribution in [0.5, 0.6) is 0 Å². The van der Waals surface area contributed by atoms with Gasteiger partial charge >= 0.3 is 0 Å². The van der Waals surface area contributed by atoms with Gasteiger partial charge in [-0.1, -0.05) is 157 Å². The Labute approximate surface area is 211 Å². The van der Waals surface area contributed by atoms with E-state index in [0.717, 1.165) is 33.5 Å². The van der Waals surface area contributed by atoms with Crippen molar-refractivity contribution >= 4 is 5.71 Å². The largest absolute Gasteiger partial charge is 0.252 e. The van der Waals surface area contributed by atoms with Crippen molar-refractivity contribution in [1.82, 2.24) is 5.06 Å². The molecule has 1 aliphatic heterocycles. The zero-order valence-corrected chi connectivity index (χ0v) is 19.7. The zero-order valence-electron chi connectivity index (χ0n) is 19.7. The highest BCUT2D eigenvalue weighted by atomic mass is 16.5. The Morgan fingerprint density at radius 2 is 0.778 bits per heavy atom. The van der Waals surface area contributed by atoms with E-state index in [-0.39, 0.29) is 0 Å². The first-order valence-corrected chi connectivity index (χ1v) is 12.1. The fourth-order valence-electron chi connectivity index (χ4n) is 5.40. The Hall–Kier alpha value is -4.31. The van der Waals surface area contributed by atoms with Crippen LogP contribution in [0.15, 0.2) is 157 Å². The Kier molecular flexibility index (Phi) is 5.57. The van der Waals surface area contributed by atoms with Crippen LogP contribution in [-0.2, 0) is 16.4 Å². The third-order valence-corrected chi connectivity index (χ3v) is 7.00. The minimum Gasteiger partial charge on any atom is -0.252 e. The molecule has 0 unspecified atom stereocenters. The van der Waals surface area contributed by atoms with Crippen LogP contribution < -0.4 is 0 Å². The SMILES string of the molecule is [O]N1C(c2ccccc2)(c2ccccc2)N=C(c2ccccc2)C1(c1ccccc1)c1ccccc1. The molecule has 0 aliphatic carbocycles. The molecule has 36 heavy (non-hydrogen) atoms. The summed E-state index contributed by atoms with van der Waals surface area (Å²) in [5, 5.41) is 16.6. The molecule has 0 N–H and O–H groups in total. The lowest BCUT2D eigenvalue weighted by Crippen LogP contribution is -2.53. The van der Waals surface area contributed by atoms with Crippen molar-refractivity contribution in [3.05, 3.63) is 179 Å². The molecular weight excluding hydrogens is 440 g/mol. The summed E-state index contributed by atoms with van der Waals surface area (Å²) in [7, 11) is 0. The number of aliphatic imine (C=N–C) groups is 1. The number of rotatable bonds is 5. The smallest absolute Gasteiger partial charge is 0.191 e. The molecule has 1 aliphatic rings.